The van der Waals surface area contributed by atoms with Crippen LogP contribution in [0.1, 0.15) is 13.3 Å². The first kappa shape index (κ1) is 23.4. The van der Waals surface area contributed by atoms with E-state index in [1.165, 1.54) is 11.2 Å². The van der Waals surface area contributed by atoms with Gasteiger partial charge in [0, 0.05) is 32.9 Å². The van der Waals surface area contributed by atoms with Gasteiger partial charge in [-0.25, -0.2) is 13.4 Å². The van der Waals surface area contributed by atoms with Gasteiger partial charge in [0.2, 0.25) is 5.91 Å². The maximum absolute atomic E-state index is 11.5. The van der Waals surface area contributed by atoms with Crippen LogP contribution in [0.4, 0.5) is 0 Å². The standard InChI is InChI=1S/C13H26N4O3S.HI/c1-6-8-14-13(15-10-12(18)17(3)4)16-11(2)7-9-21(5,19)20;/h6,11H,1,7-10H2,2-5H3,(H2,14,15,16);1H. The second-order valence-corrected chi connectivity index (χ2v) is 7.35. The fourth-order valence-corrected chi connectivity index (χ4v) is 2.09. The van der Waals surface area contributed by atoms with Crippen molar-refractivity contribution in [3.8, 4) is 0 Å². The van der Waals surface area contributed by atoms with Crippen molar-refractivity contribution in [1.82, 2.24) is 15.5 Å². The van der Waals surface area contributed by atoms with Crippen molar-refractivity contribution in [3.63, 3.8) is 0 Å². The third kappa shape index (κ3) is 12.9. The van der Waals surface area contributed by atoms with Crippen LogP contribution in [0.3, 0.4) is 0 Å². The van der Waals surface area contributed by atoms with Gasteiger partial charge in [-0.3, -0.25) is 4.79 Å². The van der Waals surface area contributed by atoms with Gasteiger partial charge in [-0.05, 0) is 13.3 Å². The van der Waals surface area contributed by atoms with Gasteiger partial charge in [-0.2, -0.15) is 0 Å². The molecule has 0 aromatic carbocycles. The van der Waals surface area contributed by atoms with Crippen molar-refractivity contribution >= 4 is 45.7 Å². The first-order chi connectivity index (χ1) is 9.65. The molecule has 0 saturated heterocycles. The van der Waals surface area contributed by atoms with E-state index < -0.39 is 9.84 Å². The molecule has 0 fully saturated rings. The molecular formula is C13H27IN4O3S. The van der Waals surface area contributed by atoms with E-state index in [1.54, 1.807) is 20.2 Å². The fraction of sp³-hybridized carbons (Fsp3) is 0.692. The Morgan fingerprint density at radius 1 is 1.41 bits per heavy atom. The molecule has 0 radical (unpaired) electrons. The van der Waals surface area contributed by atoms with E-state index in [9.17, 15) is 13.2 Å². The SMILES string of the molecule is C=CCNC(=NCC(=O)N(C)C)NC(C)CCS(C)(=O)=O.I. The van der Waals surface area contributed by atoms with E-state index in [0.29, 0.717) is 18.9 Å². The van der Waals surface area contributed by atoms with Crippen LogP contribution in [-0.2, 0) is 14.6 Å². The van der Waals surface area contributed by atoms with Crippen LogP contribution in [-0.4, -0.2) is 70.4 Å². The van der Waals surface area contributed by atoms with Gasteiger partial charge in [0.1, 0.15) is 16.4 Å². The summed E-state index contributed by atoms with van der Waals surface area (Å²) in [4.78, 5) is 17.2. The number of hydrogen-bond acceptors (Lipinski definition) is 4. The van der Waals surface area contributed by atoms with Crippen LogP contribution in [0.5, 0.6) is 0 Å². The summed E-state index contributed by atoms with van der Waals surface area (Å²) < 4.78 is 22.3. The fourth-order valence-electron chi connectivity index (χ4n) is 1.31. The van der Waals surface area contributed by atoms with Crippen molar-refractivity contribution in [2.24, 2.45) is 4.99 Å². The molecule has 0 aliphatic carbocycles. The van der Waals surface area contributed by atoms with Crippen molar-refractivity contribution in [3.05, 3.63) is 12.7 Å². The number of likely N-dealkylation sites (N-methyl/N-ethyl adjacent to an activating group) is 1. The topological polar surface area (TPSA) is 90.9 Å². The number of halogens is 1. The quantitative estimate of drug-likeness (QED) is 0.241. The third-order valence-electron chi connectivity index (χ3n) is 2.59. The lowest BCUT2D eigenvalue weighted by Crippen LogP contribution is -2.43. The van der Waals surface area contributed by atoms with Gasteiger partial charge >= 0.3 is 0 Å². The molecule has 0 aromatic heterocycles. The lowest BCUT2D eigenvalue weighted by atomic mass is 10.3. The minimum Gasteiger partial charge on any atom is -0.354 e. The van der Waals surface area contributed by atoms with Gasteiger partial charge in [0.25, 0.3) is 0 Å². The Hall–Kier alpha value is -0.840. The van der Waals surface area contributed by atoms with E-state index in [0.717, 1.165) is 0 Å². The molecule has 2 N–H and O–H groups in total. The summed E-state index contributed by atoms with van der Waals surface area (Å²) in [5.74, 6) is 0.455. The molecule has 1 atom stereocenters. The summed E-state index contributed by atoms with van der Waals surface area (Å²) in [5, 5.41) is 6.07. The van der Waals surface area contributed by atoms with Crippen LogP contribution in [0.15, 0.2) is 17.6 Å². The molecular weight excluding hydrogens is 419 g/mol. The average molecular weight is 446 g/mol. The lowest BCUT2D eigenvalue weighted by molar-refractivity contribution is -0.127. The van der Waals surface area contributed by atoms with Crippen LogP contribution < -0.4 is 10.6 Å². The highest BCUT2D eigenvalue weighted by Gasteiger charge is 2.10. The Bertz CT molecular complexity index is 478. The van der Waals surface area contributed by atoms with Crippen molar-refractivity contribution in [2.45, 2.75) is 19.4 Å². The summed E-state index contributed by atoms with van der Waals surface area (Å²) in [6, 6.07) is -0.0785. The maximum Gasteiger partial charge on any atom is 0.243 e. The number of rotatable bonds is 8. The largest absolute Gasteiger partial charge is 0.354 e. The molecule has 1 amide bonds. The van der Waals surface area contributed by atoms with Crippen molar-refractivity contribution < 1.29 is 13.2 Å². The van der Waals surface area contributed by atoms with Crippen molar-refractivity contribution in [1.29, 1.82) is 0 Å². The average Bonchev–Trinajstić information content (AvgIpc) is 2.38. The number of nitrogens with zero attached hydrogens (tertiary/aromatic N) is 2. The van der Waals surface area contributed by atoms with Crippen LogP contribution in [0, 0.1) is 0 Å². The smallest absolute Gasteiger partial charge is 0.243 e. The predicted octanol–water partition coefficient (Wildman–Crippen LogP) is 0.237. The van der Waals surface area contributed by atoms with Gasteiger partial charge < -0.3 is 15.5 Å². The Balaban J connectivity index is 0. The first-order valence-electron chi connectivity index (χ1n) is 6.69. The number of hydrogen-bond donors (Lipinski definition) is 2. The summed E-state index contributed by atoms with van der Waals surface area (Å²) in [7, 11) is 0.341. The maximum atomic E-state index is 11.5. The number of carbonyl (C=O) groups excluding carboxylic acids is 1. The molecule has 0 heterocycles. The zero-order valence-corrected chi connectivity index (χ0v) is 16.8. The van der Waals surface area contributed by atoms with E-state index >= 15 is 0 Å². The highest BCUT2D eigenvalue weighted by atomic mass is 127. The van der Waals surface area contributed by atoms with E-state index in [1.807, 2.05) is 6.92 Å². The van der Waals surface area contributed by atoms with Gasteiger partial charge in [-0.15, -0.1) is 30.6 Å². The number of nitrogens with one attached hydrogen (secondary N) is 2. The van der Waals surface area contributed by atoms with E-state index in [4.69, 9.17) is 0 Å². The number of carbonyl (C=O) groups is 1. The summed E-state index contributed by atoms with van der Waals surface area (Å²) in [6.45, 7) is 6.00. The Kier molecular flexibility index (Phi) is 12.4. The second kappa shape index (κ2) is 11.7. The number of guanidine groups is 1. The number of amides is 1. The molecule has 130 valence electrons. The van der Waals surface area contributed by atoms with Gasteiger partial charge in [-0.1, -0.05) is 6.08 Å². The normalized spacial score (nSPS) is 12.8. The van der Waals surface area contributed by atoms with Crippen molar-refractivity contribution in [2.75, 3.05) is 39.2 Å². The molecule has 0 aromatic rings. The highest BCUT2D eigenvalue weighted by Crippen LogP contribution is 1.95. The summed E-state index contributed by atoms with van der Waals surface area (Å²) in [5.41, 5.74) is 0. The summed E-state index contributed by atoms with van der Waals surface area (Å²) in [6.07, 6.45) is 3.35. The van der Waals surface area contributed by atoms with Gasteiger partial charge in [0.05, 0.1) is 5.75 Å². The molecule has 0 aliphatic heterocycles. The second-order valence-electron chi connectivity index (χ2n) is 5.09. The zero-order chi connectivity index (χ0) is 16.5. The predicted molar refractivity (Wildman–Crippen MR) is 102 cm³/mol. The van der Waals surface area contributed by atoms with Crippen LogP contribution >= 0.6 is 24.0 Å². The molecule has 0 saturated carbocycles. The minimum atomic E-state index is -2.99. The Labute approximate surface area is 150 Å². The highest BCUT2D eigenvalue weighted by molar-refractivity contribution is 14.0. The molecule has 7 nitrogen and oxygen atoms in total. The van der Waals surface area contributed by atoms with E-state index in [2.05, 4.69) is 22.2 Å². The molecule has 9 heteroatoms. The molecule has 0 spiro atoms. The Morgan fingerprint density at radius 3 is 2.45 bits per heavy atom. The first-order valence-corrected chi connectivity index (χ1v) is 8.75. The summed E-state index contributed by atoms with van der Waals surface area (Å²) >= 11 is 0. The lowest BCUT2D eigenvalue weighted by Gasteiger charge is -2.18. The van der Waals surface area contributed by atoms with Gasteiger partial charge in [0.15, 0.2) is 5.96 Å². The molecule has 1 unspecified atom stereocenters. The number of aliphatic imine (C=N–C) groups is 1. The number of sulfone groups is 1. The van der Waals surface area contributed by atoms with Crippen LogP contribution in [0.25, 0.3) is 0 Å². The third-order valence-corrected chi connectivity index (χ3v) is 3.57. The molecule has 0 bridgehead atoms. The zero-order valence-electron chi connectivity index (χ0n) is 13.6. The molecule has 0 aliphatic rings. The molecule has 22 heavy (non-hydrogen) atoms. The van der Waals surface area contributed by atoms with Crippen LogP contribution in [0.2, 0.25) is 0 Å². The minimum absolute atomic E-state index is 0. The monoisotopic (exact) mass is 446 g/mol. The Morgan fingerprint density at radius 2 is 2.00 bits per heavy atom. The van der Waals surface area contributed by atoms with E-state index in [-0.39, 0.29) is 48.2 Å². The molecule has 0 rings (SSSR count).